The van der Waals surface area contributed by atoms with Gasteiger partial charge in [-0.3, -0.25) is 9.59 Å². The maximum atomic E-state index is 12.5. The molecule has 0 unspecified atom stereocenters. The number of carbonyl (C=O) groups is 2. The fourth-order valence-electron chi connectivity index (χ4n) is 2.93. The molecule has 0 bridgehead atoms. The van der Waals surface area contributed by atoms with E-state index in [0.717, 1.165) is 16.8 Å². The van der Waals surface area contributed by atoms with Gasteiger partial charge < -0.3 is 20.1 Å². The quantitative estimate of drug-likeness (QED) is 0.604. The lowest BCUT2D eigenvalue weighted by atomic mass is 10.1. The summed E-state index contributed by atoms with van der Waals surface area (Å²) in [6.07, 6.45) is 0. The maximum absolute atomic E-state index is 12.5. The summed E-state index contributed by atoms with van der Waals surface area (Å²) in [5.41, 5.74) is 4.00. The number of methoxy groups -OCH3 is 1. The van der Waals surface area contributed by atoms with Crippen LogP contribution in [-0.4, -0.2) is 25.5 Å². The Labute approximate surface area is 175 Å². The smallest absolute Gasteiger partial charge is 0.262 e. The van der Waals surface area contributed by atoms with Crippen LogP contribution in [0.3, 0.4) is 0 Å². The molecule has 0 aliphatic heterocycles. The first-order valence-electron chi connectivity index (χ1n) is 9.50. The molecule has 2 amide bonds. The van der Waals surface area contributed by atoms with Crippen LogP contribution in [-0.2, 0) is 4.79 Å². The van der Waals surface area contributed by atoms with Gasteiger partial charge in [-0.05, 0) is 61.9 Å². The first-order valence-corrected chi connectivity index (χ1v) is 9.50. The molecule has 0 heterocycles. The van der Waals surface area contributed by atoms with Crippen molar-refractivity contribution in [1.82, 2.24) is 0 Å². The third kappa shape index (κ3) is 5.38. The van der Waals surface area contributed by atoms with Gasteiger partial charge in [-0.2, -0.15) is 0 Å². The predicted molar refractivity (Wildman–Crippen MR) is 117 cm³/mol. The molecule has 0 atom stereocenters. The van der Waals surface area contributed by atoms with E-state index in [9.17, 15) is 9.59 Å². The van der Waals surface area contributed by atoms with Crippen LogP contribution < -0.4 is 20.1 Å². The third-order valence-corrected chi connectivity index (χ3v) is 4.50. The van der Waals surface area contributed by atoms with E-state index in [0.29, 0.717) is 22.7 Å². The second-order valence-electron chi connectivity index (χ2n) is 6.83. The Morgan fingerprint density at radius 2 is 1.60 bits per heavy atom. The average molecular weight is 404 g/mol. The van der Waals surface area contributed by atoms with Crippen molar-refractivity contribution in [3.8, 4) is 11.5 Å². The summed E-state index contributed by atoms with van der Waals surface area (Å²) >= 11 is 0. The highest BCUT2D eigenvalue weighted by atomic mass is 16.5. The van der Waals surface area contributed by atoms with Crippen molar-refractivity contribution < 1.29 is 19.1 Å². The van der Waals surface area contributed by atoms with Crippen molar-refractivity contribution in [2.45, 2.75) is 13.8 Å². The number of ether oxygens (including phenoxy) is 2. The Balaban J connectivity index is 1.55. The number of benzene rings is 3. The lowest BCUT2D eigenvalue weighted by Gasteiger charge is -2.11. The number of hydrogen-bond donors (Lipinski definition) is 2. The van der Waals surface area contributed by atoms with Crippen molar-refractivity contribution in [3.05, 3.63) is 83.4 Å². The van der Waals surface area contributed by atoms with Crippen molar-refractivity contribution in [3.63, 3.8) is 0 Å². The van der Waals surface area contributed by atoms with Crippen LogP contribution in [0.15, 0.2) is 66.7 Å². The summed E-state index contributed by atoms with van der Waals surface area (Å²) in [5.74, 6) is 0.553. The number of aryl methyl sites for hydroxylation is 2. The zero-order valence-electron chi connectivity index (χ0n) is 17.2. The number of carbonyl (C=O) groups excluding carboxylic acids is 2. The van der Waals surface area contributed by atoms with Gasteiger partial charge in [0.2, 0.25) is 0 Å². The largest absolute Gasteiger partial charge is 0.495 e. The minimum atomic E-state index is -0.309. The number of amides is 2. The number of nitrogens with one attached hydrogen (secondary N) is 2. The Bertz CT molecular complexity index is 1050. The summed E-state index contributed by atoms with van der Waals surface area (Å²) < 4.78 is 10.7. The number of rotatable bonds is 7. The summed E-state index contributed by atoms with van der Waals surface area (Å²) in [4.78, 5) is 24.6. The molecule has 0 radical (unpaired) electrons. The van der Waals surface area contributed by atoms with Gasteiger partial charge in [-0.1, -0.05) is 29.8 Å². The van der Waals surface area contributed by atoms with Crippen LogP contribution in [0.4, 0.5) is 11.4 Å². The molecule has 6 heteroatoms. The lowest BCUT2D eigenvalue weighted by molar-refractivity contribution is -0.118. The molecule has 0 saturated carbocycles. The molecule has 0 aliphatic rings. The van der Waals surface area contributed by atoms with E-state index >= 15 is 0 Å². The highest BCUT2D eigenvalue weighted by Gasteiger charge is 2.10. The van der Waals surface area contributed by atoms with E-state index in [4.69, 9.17) is 9.47 Å². The minimum Gasteiger partial charge on any atom is -0.495 e. The normalized spacial score (nSPS) is 10.2. The second-order valence-corrected chi connectivity index (χ2v) is 6.83. The van der Waals surface area contributed by atoms with Crippen molar-refractivity contribution in [1.29, 1.82) is 0 Å². The Kier molecular flexibility index (Phi) is 6.70. The third-order valence-electron chi connectivity index (χ3n) is 4.50. The van der Waals surface area contributed by atoms with Crippen LogP contribution in [0.5, 0.6) is 11.5 Å². The molecule has 0 fully saturated rings. The molecular weight excluding hydrogens is 380 g/mol. The van der Waals surface area contributed by atoms with E-state index in [1.165, 1.54) is 0 Å². The minimum absolute atomic E-state index is 0.161. The van der Waals surface area contributed by atoms with Gasteiger partial charge in [-0.15, -0.1) is 0 Å². The molecule has 0 spiro atoms. The van der Waals surface area contributed by atoms with Crippen LogP contribution in [0, 0.1) is 13.8 Å². The van der Waals surface area contributed by atoms with Gasteiger partial charge in [0.25, 0.3) is 11.8 Å². The van der Waals surface area contributed by atoms with Crippen LogP contribution in [0.2, 0.25) is 0 Å². The van der Waals surface area contributed by atoms with Crippen LogP contribution in [0.25, 0.3) is 0 Å². The molecule has 30 heavy (non-hydrogen) atoms. The zero-order valence-corrected chi connectivity index (χ0v) is 17.2. The lowest BCUT2D eigenvalue weighted by Crippen LogP contribution is -2.20. The van der Waals surface area contributed by atoms with E-state index in [2.05, 4.69) is 10.6 Å². The van der Waals surface area contributed by atoms with Gasteiger partial charge in [0.05, 0.1) is 12.8 Å². The van der Waals surface area contributed by atoms with Crippen molar-refractivity contribution in [2.75, 3.05) is 24.4 Å². The fraction of sp³-hybridized carbons (Fsp3) is 0.167. The summed E-state index contributed by atoms with van der Waals surface area (Å²) in [5, 5.41) is 5.65. The van der Waals surface area contributed by atoms with Crippen molar-refractivity contribution in [2.24, 2.45) is 0 Å². The maximum Gasteiger partial charge on any atom is 0.262 e. The van der Waals surface area contributed by atoms with E-state index in [1.54, 1.807) is 49.6 Å². The monoisotopic (exact) mass is 404 g/mol. The van der Waals surface area contributed by atoms with Crippen molar-refractivity contribution >= 4 is 23.2 Å². The van der Waals surface area contributed by atoms with E-state index < -0.39 is 0 Å². The number of anilines is 2. The molecular formula is C24H24N2O4. The first kappa shape index (κ1) is 20.9. The van der Waals surface area contributed by atoms with Crippen LogP contribution >= 0.6 is 0 Å². The fourth-order valence-corrected chi connectivity index (χ4v) is 2.93. The highest BCUT2D eigenvalue weighted by molar-refractivity contribution is 6.04. The Morgan fingerprint density at radius 1 is 0.867 bits per heavy atom. The SMILES string of the molecule is COc1ccccc1NC(=O)COc1ccc(C(=O)Nc2ccc(C)cc2C)cc1. The molecule has 0 saturated heterocycles. The van der Waals surface area contributed by atoms with Gasteiger partial charge in [-0.25, -0.2) is 0 Å². The molecule has 3 rings (SSSR count). The predicted octanol–water partition coefficient (Wildman–Crippen LogP) is 4.58. The zero-order chi connectivity index (χ0) is 21.5. The molecule has 0 aliphatic carbocycles. The molecule has 6 nitrogen and oxygen atoms in total. The molecule has 154 valence electrons. The Morgan fingerprint density at radius 3 is 2.30 bits per heavy atom. The van der Waals surface area contributed by atoms with Gasteiger partial charge in [0, 0.05) is 11.3 Å². The highest BCUT2D eigenvalue weighted by Crippen LogP contribution is 2.23. The number of para-hydroxylation sites is 2. The van der Waals surface area contributed by atoms with Crippen LogP contribution in [0.1, 0.15) is 21.5 Å². The van der Waals surface area contributed by atoms with Gasteiger partial charge in [0.1, 0.15) is 11.5 Å². The summed E-state index contributed by atoms with van der Waals surface area (Å²) in [6, 6.07) is 19.6. The molecule has 3 aromatic rings. The first-order chi connectivity index (χ1) is 14.5. The second kappa shape index (κ2) is 9.60. The standard InChI is InChI=1S/C24H24N2O4/c1-16-8-13-20(17(2)14-16)26-24(28)18-9-11-19(12-10-18)30-15-23(27)25-21-6-4-5-7-22(21)29-3/h4-14H,15H2,1-3H3,(H,25,27)(H,26,28). The summed E-state index contributed by atoms with van der Waals surface area (Å²) in [7, 11) is 1.54. The molecule has 0 aromatic heterocycles. The topological polar surface area (TPSA) is 76.7 Å². The molecule has 2 N–H and O–H groups in total. The van der Waals surface area contributed by atoms with Gasteiger partial charge >= 0.3 is 0 Å². The Hall–Kier alpha value is -3.80. The average Bonchev–Trinajstić information content (AvgIpc) is 2.75. The van der Waals surface area contributed by atoms with E-state index in [1.807, 2.05) is 38.1 Å². The number of hydrogen-bond acceptors (Lipinski definition) is 4. The molecule has 3 aromatic carbocycles. The summed E-state index contributed by atoms with van der Waals surface area (Å²) in [6.45, 7) is 3.80. The van der Waals surface area contributed by atoms with Gasteiger partial charge in [0.15, 0.2) is 6.61 Å². The van der Waals surface area contributed by atoms with E-state index in [-0.39, 0.29) is 18.4 Å².